The number of amides is 1. The summed E-state index contributed by atoms with van der Waals surface area (Å²) in [4.78, 5) is 16.9. The van der Waals surface area contributed by atoms with Gasteiger partial charge in [0.1, 0.15) is 0 Å². The molecule has 1 fully saturated rings. The van der Waals surface area contributed by atoms with E-state index in [-0.39, 0.29) is 5.91 Å². The van der Waals surface area contributed by atoms with Gasteiger partial charge in [-0.15, -0.1) is 0 Å². The SMILES string of the molecule is Cc1ccc(CC(=O)N2CCN(Cc3ccccc3Br)CC2)cc1. The Morgan fingerprint density at radius 2 is 1.67 bits per heavy atom. The molecule has 3 nitrogen and oxygen atoms in total. The number of rotatable bonds is 4. The summed E-state index contributed by atoms with van der Waals surface area (Å²) in [5.74, 6) is 0.236. The zero-order valence-corrected chi connectivity index (χ0v) is 15.6. The van der Waals surface area contributed by atoms with Crippen molar-refractivity contribution in [3.63, 3.8) is 0 Å². The number of carbonyl (C=O) groups is 1. The summed E-state index contributed by atoms with van der Waals surface area (Å²) >= 11 is 3.61. The standard InChI is InChI=1S/C20H23BrN2O/c1-16-6-8-17(9-7-16)14-20(24)23-12-10-22(11-13-23)15-18-4-2-3-5-19(18)21/h2-9H,10-15H2,1H3. The second kappa shape index (κ2) is 7.95. The van der Waals surface area contributed by atoms with Crippen LogP contribution < -0.4 is 0 Å². The predicted octanol–water partition coefficient (Wildman–Crippen LogP) is 3.64. The van der Waals surface area contributed by atoms with Crippen LogP contribution in [0, 0.1) is 6.92 Å². The maximum Gasteiger partial charge on any atom is 0.227 e. The van der Waals surface area contributed by atoms with Crippen LogP contribution in [0.2, 0.25) is 0 Å². The molecule has 0 atom stereocenters. The van der Waals surface area contributed by atoms with Crippen LogP contribution in [0.5, 0.6) is 0 Å². The number of carbonyl (C=O) groups excluding carboxylic acids is 1. The minimum atomic E-state index is 0.236. The fourth-order valence-electron chi connectivity index (χ4n) is 3.02. The summed E-state index contributed by atoms with van der Waals surface area (Å²) in [6, 6.07) is 16.6. The lowest BCUT2D eigenvalue weighted by molar-refractivity contribution is -0.132. The maximum absolute atomic E-state index is 12.5. The van der Waals surface area contributed by atoms with Gasteiger partial charge in [-0.05, 0) is 24.1 Å². The fourth-order valence-corrected chi connectivity index (χ4v) is 3.43. The van der Waals surface area contributed by atoms with Gasteiger partial charge in [0.2, 0.25) is 5.91 Å². The number of piperazine rings is 1. The van der Waals surface area contributed by atoms with Gasteiger partial charge in [-0.1, -0.05) is 64.0 Å². The van der Waals surface area contributed by atoms with Crippen molar-refractivity contribution in [1.82, 2.24) is 9.80 Å². The van der Waals surface area contributed by atoms with Crippen molar-refractivity contribution in [3.8, 4) is 0 Å². The van der Waals surface area contributed by atoms with Crippen molar-refractivity contribution < 1.29 is 4.79 Å². The van der Waals surface area contributed by atoms with Crippen molar-refractivity contribution in [2.75, 3.05) is 26.2 Å². The Labute approximate surface area is 152 Å². The number of aryl methyl sites for hydroxylation is 1. The van der Waals surface area contributed by atoms with E-state index >= 15 is 0 Å². The lowest BCUT2D eigenvalue weighted by atomic mass is 10.1. The highest BCUT2D eigenvalue weighted by Crippen LogP contribution is 2.18. The van der Waals surface area contributed by atoms with Crippen molar-refractivity contribution in [3.05, 3.63) is 69.7 Å². The predicted molar refractivity (Wildman–Crippen MR) is 101 cm³/mol. The van der Waals surface area contributed by atoms with E-state index in [9.17, 15) is 4.79 Å². The quantitative estimate of drug-likeness (QED) is 0.800. The van der Waals surface area contributed by atoms with Crippen LogP contribution in [0.4, 0.5) is 0 Å². The van der Waals surface area contributed by atoms with Gasteiger partial charge in [0, 0.05) is 37.2 Å². The Balaban J connectivity index is 1.50. The molecule has 0 aromatic heterocycles. The Kier molecular flexibility index (Phi) is 5.69. The lowest BCUT2D eigenvalue weighted by Gasteiger charge is -2.35. The highest BCUT2D eigenvalue weighted by atomic mass is 79.9. The molecule has 0 saturated carbocycles. The molecule has 4 heteroatoms. The van der Waals surface area contributed by atoms with E-state index in [1.807, 2.05) is 11.0 Å². The van der Waals surface area contributed by atoms with Crippen LogP contribution in [0.15, 0.2) is 53.0 Å². The summed E-state index contributed by atoms with van der Waals surface area (Å²) < 4.78 is 1.16. The van der Waals surface area contributed by atoms with E-state index in [4.69, 9.17) is 0 Å². The van der Waals surface area contributed by atoms with Gasteiger partial charge in [-0.2, -0.15) is 0 Å². The molecule has 0 bridgehead atoms. The smallest absolute Gasteiger partial charge is 0.227 e. The maximum atomic E-state index is 12.5. The van der Waals surface area contributed by atoms with Crippen LogP contribution in [-0.4, -0.2) is 41.9 Å². The van der Waals surface area contributed by atoms with Crippen LogP contribution in [0.3, 0.4) is 0 Å². The second-order valence-electron chi connectivity index (χ2n) is 6.41. The van der Waals surface area contributed by atoms with Gasteiger partial charge in [0.25, 0.3) is 0 Å². The molecular formula is C20H23BrN2O. The molecule has 1 saturated heterocycles. The third-order valence-corrected chi connectivity index (χ3v) is 5.33. The first-order valence-corrected chi connectivity index (χ1v) is 9.20. The third kappa shape index (κ3) is 4.46. The highest BCUT2D eigenvalue weighted by molar-refractivity contribution is 9.10. The van der Waals surface area contributed by atoms with E-state index in [2.05, 4.69) is 70.2 Å². The molecule has 1 heterocycles. The Morgan fingerprint density at radius 3 is 2.33 bits per heavy atom. The number of hydrogen-bond donors (Lipinski definition) is 0. The minimum absolute atomic E-state index is 0.236. The zero-order chi connectivity index (χ0) is 16.9. The fraction of sp³-hybridized carbons (Fsp3) is 0.350. The van der Waals surface area contributed by atoms with E-state index < -0.39 is 0 Å². The van der Waals surface area contributed by atoms with Crippen molar-refractivity contribution in [2.45, 2.75) is 19.9 Å². The Morgan fingerprint density at radius 1 is 1.00 bits per heavy atom. The van der Waals surface area contributed by atoms with Crippen LogP contribution in [-0.2, 0) is 17.8 Å². The molecule has 0 spiro atoms. The third-order valence-electron chi connectivity index (χ3n) is 4.55. The first kappa shape index (κ1) is 17.2. The number of halogens is 1. The Bertz CT molecular complexity index is 691. The van der Waals surface area contributed by atoms with Gasteiger partial charge in [-0.3, -0.25) is 9.69 Å². The highest BCUT2D eigenvalue weighted by Gasteiger charge is 2.21. The van der Waals surface area contributed by atoms with Crippen LogP contribution in [0.25, 0.3) is 0 Å². The molecule has 0 N–H and O–H groups in total. The van der Waals surface area contributed by atoms with E-state index in [0.717, 1.165) is 42.8 Å². The average Bonchev–Trinajstić information content (AvgIpc) is 2.59. The van der Waals surface area contributed by atoms with Crippen LogP contribution in [0.1, 0.15) is 16.7 Å². The molecule has 0 unspecified atom stereocenters. The largest absolute Gasteiger partial charge is 0.340 e. The summed E-state index contributed by atoms with van der Waals surface area (Å²) in [5.41, 5.74) is 3.63. The van der Waals surface area contributed by atoms with E-state index in [0.29, 0.717) is 6.42 Å². The van der Waals surface area contributed by atoms with Gasteiger partial charge >= 0.3 is 0 Å². The molecule has 0 aliphatic carbocycles. The lowest BCUT2D eigenvalue weighted by Crippen LogP contribution is -2.48. The van der Waals surface area contributed by atoms with E-state index in [1.54, 1.807) is 0 Å². The topological polar surface area (TPSA) is 23.6 Å². The molecule has 1 aliphatic heterocycles. The molecule has 3 rings (SSSR count). The molecular weight excluding hydrogens is 364 g/mol. The van der Waals surface area contributed by atoms with Gasteiger partial charge in [0.05, 0.1) is 6.42 Å². The first-order chi connectivity index (χ1) is 11.6. The molecule has 2 aromatic carbocycles. The number of hydrogen-bond acceptors (Lipinski definition) is 2. The first-order valence-electron chi connectivity index (χ1n) is 8.41. The normalized spacial score (nSPS) is 15.5. The average molecular weight is 387 g/mol. The molecule has 0 radical (unpaired) electrons. The Hall–Kier alpha value is -1.65. The van der Waals surface area contributed by atoms with Gasteiger partial charge < -0.3 is 4.90 Å². The van der Waals surface area contributed by atoms with Crippen LogP contribution >= 0.6 is 15.9 Å². The van der Waals surface area contributed by atoms with E-state index in [1.165, 1.54) is 11.1 Å². The second-order valence-corrected chi connectivity index (χ2v) is 7.27. The molecule has 1 aliphatic rings. The monoisotopic (exact) mass is 386 g/mol. The van der Waals surface area contributed by atoms with Crippen molar-refractivity contribution in [1.29, 1.82) is 0 Å². The summed E-state index contributed by atoms with van der Waals surface area (Å²) in [7, 11) is 0. The number of benzene rings is 2. The van der Waals surface area contributed by atoms with Crippen molar-refractivity contribution >= 4 is 21.8 Å². The molecule has 2 aromatic rings. The molecule has 126 valence electrons. The minimum Gasteiger partial charge on any atom is -0.340 e. The van der Waals surface area contributed by atoms with Gasteiger partial charge in [0.15, 0.2) is 0 Å². The molecule has 1 amide bonds. The summed E-state index contributed by atoms with van der Waals surface area (Å²) in [6.07, 6.45) is 0.504. The summed E-state index contributed by atoms with van der Waals surface area (Å²) in [6.45, 7) is 6.49. The van der Waals surface area contributed by atoms with Crippen molar-refractivity contribution in [2.24, 2.45) is 0 Å². The number of nitrogens with zero attached hydrogens (tertiary/aromatic N) is 2. The molecule has 24 heavy (non-hydrogen) atoms. The zero-order valence-electron chi connectivity index (χ0n) is 14.0. The summed E-state index contributed by atoms with van der Waals surface area (Å²) in [5, 5.41) is 0. The van der Waals surface area contributed by atoms with Gasteiger partial charge in [-0.25, -0.2) is 0 Å².